The van der Waals surface area contributed by atoms with E-state index in [1.54, 1.807) is 18.2 Å². The van der Waals surface area contributed by atoms with Crippen LogP contribution in [0.3, 0.4) is 0 Å². The molecule has 4 heterocycles. The largest absolute Gasteiger partial charge is 0.474 e. The van der Waals surface area contributed by atoms with Gasteiger partial charge >= 0.3 is 6.01 Å². The number of benzene rings is 1. The van der Waals surface area contributed by atoms with Gasteiger partial charge in [-0.15, -0.1) is 0 Å². The van der Waals surface area contributed by atoms with Gasteiger partial charge in [0, 0.05) is 37.9 Å². The minimum Gasteiger partial charge on any atom is -0.474 e. The predicted octanol–water partition coefficient (Wildman–Crippen LogP) is 5.58. The summed E-state index contributed by atoms with van der Waals surface area (Å²) in [7, 11) is 0. The molecule has 0 saturated carbocycles. The Kier molecular flexibility index (Phi) is 8.06. The monoisotopic (exact) mass is 564 g/mol. The second kappa shape index (κ2) is 11.7. The molecule has 2 saturated heterocycles. The van der Waals surface area contributed by atoms with E-state index in [-0.39, 0.29) is 29.2 Å². The van der Waals surface area contributed by atoms with Gasteiger partial charge in [0.2, 0.25) is 11.8 Å². The molecule has 0 spiro atoms. The van der Waals surface area contributed by atoms with E-state index in [0.717, 1.165) is 43.3 Å². The van der Waals surface area contributed by atoms with Crippen LogP contribution in [0, 0.1) is 6.92 Å². The van der Waals surface area contributed by atoms with E-state index in [0.29, 0.717) is 39.8 Å². The summed E-state index contributed by atoms with van der Waals surface area (Å²) in [6.45, 7) is 11.0. The fraction of sp³-hybridized carbons (Fsp3) is 0.429. The average Bonchev–Trinajstić information content (AvgIpc) is 3.52. The highest BCUT2D eigenvalue weighted by Gasteiger charge is 2.36. The van der Waals surface area contributed by atoms with Crippen molar-refractivity contribution in [2.75, 3.05) is 18.0 Å². The van der Waals surface area contributed by atoms with Crippen molar-refractivity contribution in [1.29, 1.82) is 0 Å². The summed E-state index contributed by atoms with van der Waals surface area (Å²) >= 11 is 0.942. The SMILES string of the molecule is Cc1c(Oc2cccc(C=C3SC(=O)N(C(C)C)C3=O)c2)ncnc1OC1CCN(c2nc(C(C)C)no2)CC1. The molecule has 0 aliphatic carbocycles. The Balaban J connectivity index is 1.23. The van der Waals surface area contributed by atoms with E-state index < -0.39 is 0 Å². The van der Waals surface area contributed by atoms with E-state index in [9.17, 15) is 9.59 Å². The first-order valence-electron chi connectivity index (χ1n) is 13.3. The van der Waals surface area contributed by atoms with Crippen LogP contribution >= 0.6 is 11.8 Å². The van der Waals surface area contributed by atoms with Gasteiger partial charge in [-0.1, -0.05) is 31.1 Å². The molecule has 40 heavy (non-hydrogen) atoms. The van der Waals surface area contributed by atoms with Gasteiger partial charge in [0.1, 0.15) is 18.2 Å². The number of anilines is 1. The number of nitrogens with zero attached hydrogens (tertiary/aromatic N) is 6. The molecule has 3 aromatic rings. The number of hydrogen-bond donors (Lipinski definition) is 0. The number of imide groups is 1. The van der Waals surface area contributed by atoms with Crippen LogP contribution in [-0.2, 0) is 4.79 Å². The van der Waals surface area contributed by atoms with Crippen molar-refractivity contribution in [3.63, 3.8) is 0 Å². The van der Waals surface area contributed by atoms with Crippen molar-refractivity contribution in [1.82, 2.24) is 25.0 Å². The average molecular weight is 565 g/mol. The Morgan fingerprint density at radius 2 is 1.85 bits per heavy atom. The van der Waals surface area contributed by atoms with Crippen LogP contribution in [0.25, 0.3) is 6.08 Å². The molecule has 12 heteroatoms. The molecule has 2 aliphatic heterocycles. The molecule has 1 aromatic carbocycles. The lowest BCUT2D eigenvalue weighted by molar-refractivity contribution is -0.123. The zero-order valence-electron chi connectivity index (χ0n) is 23.2. The fourth-order valence-corrected chi connectivity index (χ4v) is 5.37. The zero-order chi connectivity index (χ0) is 28.4. The van der Waals surface area contributed by atoms with Gasteiger partial charge in [0.25, 0.3) is 11.1 Å². The molecule has 0 atom stereocenters. The number of carbonyl (C=O) groups is 2. The summed E-state index contributed by atoms with van der Waals surface area (Å²) in [6.07, 6.45) is 4.66. The van der Waals surface area contributed by atoms with Crippen LogP contribution in [0.15, 0.2) is 40.0 Å². The third-order valence-corrected chi connectivity index (χ3v) is 7.52. The van der Waals surface area contributed by atoms with Gasteiger partial charge in [0.05, 0.1) is 10.5 Å². The van der Waals surface area contributed by atoms with Gasteiger partial charge in [-0.25, -0.2) is 9.97 Å². The van der Waals surface area contributed by atoms with Crippen molar-refractivity contribution in [2.24, 2.45) is 0 Å². The lowest BCUT2D eigenvalue weighted by atomic mass is 10.1. The van der Waals surface area contributed by atoms with Gasteiger partial charge in [0.15, 0.2) is 5.82 Å². The maximum absolute atomic E-state index is 12.6. The number of piperidine rings is 1. The van der Waals surface area contributed by atoms with Crippen molar-refractivity contribution < 1.29 is 23.6 Å². The number of amides is 2. The second-order valence-corrected chi connectivity index (χ2v) is 11.3. The Morgan fingerprint density at radius 1 is 1.10 bits per heavy atom. The summed E-state index contributed by atoms with van der Waals surface area (Å²) in [6, 6.07) is 7.63. The number of rotatable bonds is 8. The quantitative estimate of drug-likeness (QED) is 0.319. The maximum atomic E-state index is 12.6. The summed E-state index contributed by atoms with van der Waals surface area (Å²) in [4.78, 5) is 41.7. The summed E-state index contributed by atoms with van der Waals surface area (Å²) < 4.78 is 17.8. The van der Waals surface area contributed by atoms with Crippen LogP contribution in [0.4, 0.5) is 10.8 Å². The molecule has 11 nitrogen and oxygen atoms in total. The molecular weight excluding hydrogens is 532 g/mol. The Bertz CT molecular complexity index is 1430. The first kappa shape index (κ1) is 27.6. The number of aromatic nitrogens is 4. The van der Waals surface area contributed by atoms with Crippen molar-refractivity contribution in [3.05, 3.63) is 52.4 Å². The zero-order valence-corrected chi connectivity index (χ0v) is 24.0. The topological polar surface area (TPSA) is 124 Å². The van der Waals surface area contributed by atoms with E-state index in [4.69, 9.17) is 14.0 Å². The highest BCUT2D eigenvalue weighted by molar-refractivity contribution is 8.18. The van der Waals surface area contributed by atoms with Crippen LogP contribution in [0.5, 0.6) is 17.5 Å². The lowest BCUT2D eigenvalue weighted by Crippen LogP contribution is -2.38. The van der Waals surface area contributed by atoms with E-state index in [1.807, 2.05) is 46.8 Å². The Labute approximate surface area is 237 Å². The molecule has 5 rings (SSSR count). The van der Waals surface area contributed by atoms with Crippen LogP contribution in [0.2, 0.25) is 0 Å². The maximum Gasteiger partial charge on any atom is 0.324 e. The third-order valence-electron chi connectivity index (χ3n) is 6.64. The normalized spacial score (nSPS) is 17.5. The van der Waals surface area contributed by atoms with Gasteiger partial charge in [-0.3, -0.25) is 14.5 Å². The summed E-state index contributed by atoms with van der Waals surface area (Å²) in [5.74, 6) is 2.03. The smallest absolute Gasteiger partial charge is 0.324 e. The van der Waals surface area contributed by atoms with Crippen molar-refractivity contribution in [2.45, 2.75) is 65.5 Å². The molecule has 0 unspecified atom stereocenters. The van der Waals surface area contributed by atoms with Crippen LogP contribution < -0.4 is 14.4 Å². The molecule has 0 bridgehead atoms. The molecule has 2 aromatic heterocycles. The van der Waals surface area contributed by atoms with Crippen molar-refractivity contribution in [3.8, 4) is 17.5 Å². The number of carbonyl (C=O) groups excluding carboxylic acids is 2. The summed E-state index contributed by atoms with van der Waals surface area (Å²) in [5, 5.41) is 3.79. The van der Waals surface area contributed by atoms with Gasteiger partial charge < -0.3 is 18.9 Å². The molecule has 0 radical (unpaired) electrons. The standard InChI is InChI=1S/C28H32N6O5S/c1-16(2)23-31-27(39-32-23)33-11-9-20(10-12-33)37-24-18(5)25(30-15-29-24)38-21-8-6-7-19(13-21)14-22-26(35)34(17(3)4)28(36)40-22/h6-8,13-17,20H,9-12H2,1-5H3. The van der Waals surface area contributed by atoms with E-state index >= 15 is 0 Å². The number of hydrogen-bond acceptors (Lipinski definition) is 11. The van der Waals surface area contributed by atoms with E-state index in [1.165, 1.54) is 11.2 Å². The molecule has 0 N–H and O–H groups in total. The van der Waals surface area contributed by atoms with E-state index in [2.05, 4.69) is 25.0 Å². The highest BCUT2D eigenvalue weighted by Crippen LogP contribution is 2.35. The van der Waals surface area contributed by atoms with Crippen molar-refractivity contribution >= 4 is 35.0 Å². The third kappa shape index (κ3) is 5.96. The minimum atomic E-state index is -0.284. The Morgan fingerprint density at radius 3 is 2.52 bits per heavy atom. The molecule has 2 amide bonds. The lowest BCUT2D eigenvalue weighted by Gasteiger charge is -2.30. The highest BCUT2D eigenvalue weighted by atomic mass is 32.2. The first-order valence-corrected chi connectivity index (χ1v) is 14.1. The molecule has 2 aliphatic rings. The first-order chi connectivity index (χ1) is 19.2. The molecular formula is C28H32N6O5S. The van der Waals surface area contributed by atoms with Crippen LogP contribution in [-0.4, -0.2) is 61.4 Å². The second-order valence-electron chi connectivity index (χ2n) is 10.3. The predicted molar refractivity (Wildman–Crippen MR) is 150 cm³/mol. The fourth-order valence-electron chi connectivity index (χ4n) is 4.41. The summed E-state index contributed by atoms with van der Waals surface area (Å²) in [5.41, 5.74) is 1.43. The van der Waals surface area contributed by atoms with Gasteiger partial charge in [-0.2, -0.15) is 4.98 Å². The number of thioether (sulfide) groups is 1. The number of ether oxygens (including phenoxy) is 2. The minimum absolute atomic E-state index is 0.0188. The Hall–Kier alpha value is -3.93. The van der Waals surface area contributed by atoms with Gasteiger partial charge in [-0.05, 0) is 56.3 Å². The molecule has 2 fully saturated rings. The molecule has 210 valence electrons. The van der Waals surface area contributed by atoms with Crippen LogP contribution in [0.1, 0.15) is 63.4 Å².